The number of nitrogens with zero attached hydrogens (tertiary/aromatic N) is 1. The summed E-state index contributed by atoms with van der Waals surface area (Å²) in [5, 5.41) is 15.3. The van der Waals surface area contributed by atoms with Crippen molar-refractivity contribution in [2.75, 3.05) is 13.2 Å². The van der Waals surface area contributed by atoms with Gasteiger partial charge in [0.05, 0.1) is 11.4 Å². The molecule has 0 radical (unpaired) electrons. The smallest absolute Gasteiger partial charge is 0.244 e. The number of hydrogen-bond donors (Lipinski definition) is 3. The molecule has 0 aromatic carbocycles. The van der Waals surface area contributed by atoms with Gasteiger partial charge in [-0.2, -0.15) is 5.10 Å². The molecule has 17 heavy (non-hydrogen) atoms. The zero-order valence-corrected chi connectivity index (χ0v) is 11.1. The van der Waals surface area contributed by atoms with E-state index in [-0.39, 0.29) is 17.4 Å². The minimum Gasteiger partial charge on any atom is -0.396 e. The van der Waals surface area contributed by atoms with Crippen LogP contribution in [0.5, 0.6) is 0 Å². The molecule has 0 bridgehead atoms. The molecule has 6 nitrogen and oxygen atoms in total. The molecule has 0 aliphatic rings. The molecule has 1 unspecified atom stereocenters. The Morgan fingerprint density at radius 2 is 2.12 bits per heavy atom. The van der Waals surface area contributed by atoms with E-state index < -0.39 is 10.0 Å². The van der Waals surface area contributed by atoms with Gasteiger partial charge in [0.15, 0.2) is 0 Å². The second-order valence-corrected chi connectivity index (χ2v) is 5.94. The van der Waals surface area contributed by atoms with Gasteiger partial charge in [-0.05, 0) is 26.2 Å². The normalized spacial score (nSPS) is 13.9. The Balaban J connectivity index is 2.76. The van der Waals surface area contributed by atoms with Crippen LogP contribution in [-0.2, 0) is 10.0 Å². The van der Waals surface area contributed by atoms with Gasteiger partial charge in [-0.3, -0.25) is 5.10 Å². The second-order valence-electron chi connectivity index (χ2n) is 4.23. The van der Waals surface area contributed by atoms with Gasteiger partial charge in [0.25, 0.3) is 0 Å². The Hall–Kier alpha value is -0.920. The van der Waals surface area contributed by atoms with Crippen LogP contribution in [-0.4, -0.2) is 36.9 Å². The van der Waals surface area contributed by atoms with Crippen molar-refractivity contribution in [3.05, 3.63) is 11.4 Å². The number of rotatable bonds is 6. The molecule has 1 atom stereocenters. The molecule has 1 heterocycles. The Morgan fingerprint density at radius 3 is 2.59 bits per heavy atom. The first kappa shape index (κ1) is 14.1. The molecule has 0 fully saturated rings. The van der Waals surface area contributed by atoms with E-state index >= 15 is 0 Å². The second kappa shape index (κ2) is 5.61. The molecule has 3 N–H and O–H groups in total. The Morgan fingerprint density at radius 1 is 1.47 bits per heavy atom. The summed E-state index contributed by atoms with van der Waals surface area (Å²) in [7, 11) is -3.52. The number of nitrogens with one attached hydrogen (secondary N) is 2. The van der Waals surface area contributed by atoms with Crippen LogP contribution in [0, 0.1) is 19.8 Å². The maximum Gasteiger partial charge on any atom is 0.244 e. The topological polar surface area (TPSA) is 95.1 Å². The maximum absolute atomic E-state index is 12.0. The van der Waals surface area contributed by atoms with Crippen LogP contribution in [0.2, 0.25) is 0 Å². The highest BCUT2D eigenvalue weighted by Gasteiger charge is 2.22. The van der Waals surface area contributed by atoms with Gasteiger partial charge in [-0.1, -0.05) is 6.92 Å². The van der Waals surface area contributed by atoms with Crippen LogP contribution >= 0.6 is 0 Å². The summed E-state index contributed by atoms with van der Waals surface area (Å²) in [6.45, 7) is 5.58. The lowest BCUT2D eigenvalue weighted by Crippen LogP contribution is -2.29. The summed E-state index contributed by atoms with van der Waals surface area (Å²) in [6.07, 6.45) is 0.575. The average Bonchev–Trinajstić information content (AvgIpc) is 2.57. The fraction of sp³-hybridized carbons (Fsp3) is 0.700. The van der Waals surface area contributed by atoms with Crippen molar-refractivity contribution < 1.29 is 13.5 Å². The quantitative estimate of drug-likeness (QED) is 0.687. The number of sulfonamides is 1. The fourth-order valence-electron chi connectivity index (χ4n) is 1.58. The summed E-state index contributed by atoms with van der Waals surface area (Å²) < 4.78 is 26.5. The van der Waals surface area contributed by atoms with Gasteiger partial charge in [-0.25, -0.2) is 13.1 Å². The van der Waals surface area contributed by atoms with Crippen LogP contribution < -0.4 is 4.72 Å². The molecular formula is C10H19N3O3S. The van der Waals surface area contributed by atoms with Crippen molar-refractivity contribution in [2.24, 2.45) is 5.92 Å². The predicted octanol–water partition coefficient (Wildman–Crippen LogP) is 0.323. The van der Waals surface area contributed by atoms with E-state index in [4.69, 9.17) is 5.11 Å². The van der Waals surface area contributed by atoms with Crippen LogP contribution in [0.3, 0.4) is 0 Å². The van der Waals surface area contributed by atoms with Crippen LogP contribution in [0.1, 0.15) is 24.7 Å². The number of aliphatic hydroxyl groups is 1. The molecule has 7 heteroatoms. The lowest BCUT2D eigenvalue weighted by atomic mass is 10.1. The summed E-state index contributed by atoms with van der Waals surface area (Å²) in [5.41, 5.74) is 0.995. The first-order valence-electron chi connectivity index (χ1n) is 5.50. The van der Waals surface area contributed by atoms with E-state index in [2.05, 4.69) is 14.9 Å². The summed E-state index contributed by atoms with van der Waals surface area (Å²) in [6, 6.07) is 0. The maximum atomic E-state index is 12.0. The zero-order chi connectivity index (χ0) is 13.1. The highest BCUT2D eigenvalue weighted by molar-refractivity contribution is 7.89. The van der Waals surface area contributed by atoms with Crippen LogP contribution in [0.25, 0.3) is 0 Å². The Bertz CT molecular complexity index is 448. The third-order valence-electron chi connectivity index (χ3n) is 2.57. The van der Waals surface area contributed by atoms with Crippen LogP contribution in [0.15, 0.2) is 4.90 Å². The van der Waals surface area contributed by atoms with Crippen molar-refractivity contribution in [2.45, 2.75) is 32.1 Å². The molecule has 0 spiro atoms. The van der Waals surface area contributed by atoms with E-state index in [0.29, 0.717) is 24.4 Å². The molecular weight excluding hydrogens is 242 g/mol. The Kier molecular flexibility index (Phi) is 4.67. The number of H-pyrrole nitrogens is 1. The summed E-state index contributed by atoms with van der Waals surface area (Å²) in [4.78, 5) is 0.216. The molecule has 0 saturated heterocycles. The van der Waals surface area contributed by atoms with E-state index in [9.17, 15) is 8.42 Å². The lowest BCUT2D eigenvalue weighted by molar-refractivity contribution is 0.263. The summed E-state index contributed by atoms with van der Waals surface area (Å²) >= 11 is 0. The SMILES string of the molecule is Cc1n[nH]c(C)c1S(=O)(=O)NCC(C)CCO. The van der Waals surface area contributed by atoms with Gasteiger partial charge < -0.3 is 5.11 Å². The van der Waals surface area contributed by atoms with Gasteiger partial charge in [0, 0.05) is 13.2 Å². The van der Waals surface area contributed by atoms with E-state index in [1.165, 1.54) is 0 Å². The van der Waals surface area contributed by atoms with Crippen LogP contribution in [0.4, 0.5) is 0 Å². The molecule has 1 aromatic rings. The van der Waals surface area contributed by atoms with Crippen molar-refractivity contribution in [3.8, 4) is 0 Å². The average molecular weight is 261 g/mol. The standard InChI is InChI=1S/C10H19N3O3S/c1-7(4-5-14)6-11-17(15,16)10-8(2)12-13-9(10)3/h7,11,14H,4-6H2,1-3H3,(H,12,13). The van der Waals surface area contributed by atoms with Crippen molar-refractivity contribution in [1.29, 1.82) is 0 Å². The van der Waals surface area contributed by atoms with Gasteiger partial charge in [-0.15, -0.1) is 0 Å². The van der Waals surface area contributed by atoms with E-state index in [1.54, 1.807) is 13.8 Å². The molecule has 98 valence electrons. The van der Waals surface area contributed by atoms with Gasteiger partial charge in [0.1, 0.15) is 4.90 Å². The third-order valence-corrected chi connectivity index (χ3v) is 4.26. The molecule has 0 amide bonds. The van der Waals surface area contributed by atoms with Crippen molar-refractivity contribution >= 4 is 10.0 Å². The number of aliphatic hydroxyl groups excluding tert-OH is 1. The largest absolute Gasteiger partial charge is 0.396 e. The summed E-state index contributed by atoms with van der Waals surface area (Å²) in [5.74, 6) is 0.0993. The van der Waals surface area contributed by atoms with E-state index in [1.807, 2.05) is 6.92 Å². The highest BCUT2D eigenvalue weighted by atomic mass is 32.2. The highest BCUT2D eigenvalue weighted by Crippen LogP contribution is 2.16. The van der Waals surface area contributed by atoms with Crippen molar-refractivity contribution in [1.82, 2.24) is 14.9 Å². The molecule has 0 aliphatic heterocycles. The zero-order valence-electron chi connectivity index (χ0n) is 10.3. The molecule has 1 rings (SSSR count). The van der Waals surface area contributed by atoms with Gasteiger partial charge >= 0.3 is 0 Å². The minimum atomic E-state index is -3.52. The first-order valence-corrected chi connectivity index (χ1v) is 6.99. The Labute approximate surface area is 101 Å². The predicted molar refractivity (Wildman–Crippen MR) is 64.1 cm³/mol. The van der Waals surface area contributed by atoms with Gasteiger partial charge in [0.2, 0.25) is 10.0 Å². The number of aromatic nitrogens is 2. The number of hydrogen-bond acceptors (Lipinski definition) is 4. The molecule has 0 aliphatic carbocycles. The first-order chi connectivity index (χ1) is 7.88. The monoisotopic (exact) mass is 261 g/mol. The number of aromatic amines is 1. The minimum absolute atomic E-state index is 0.0622. The molecule has 1 aromatic heterocycles. The lowest BCUT2D eigenvalue weighted by Gasteiger charge is -2.11. The fourth-order valence-corrected chi connectivity index (χ4v) is 3.11. The third kappa shape index (κ3) is 3.52. The van der Waals surface area contributed by atoms with Crippen molar-refractivity contribution in [3.63, 3.8) is 0 Å². The van der Waals surface area contributed by atoms with E-state index in [0.717, 1.165) is 0 Å². The number of aryl methyl sites for hydroxylation is 2. The molecule has 0 saturated carbocycles.